The summed E-state index contributed by atoms with van der Waals surface area (Å²) in [7, 11) is 0. The Kier molecular flexibility index (Phi) is 8.92. The summed E-state index contributed by atoms with van der Waals surface area (Å²) >= 11 is 0. The molecule has 0 fully saturated rings. The van der Waals surface area contributed by atoms with Crippen LogP contribution in [-0.2, 0) is 23.7 Å². The Balaban J connectivity index is 1.28. The maximum atomic E-state index is 5.88. The molecule has 0 radical (unpaired) electrons. The van der Waals surface area contributed by atoms with Crippen LogP contribution >= 0.6 is 0 Å². The van der Waals surface area contributed by atoms with Gasteiger partial charge in [-0.1, -0.05) is 126 Å². The number of allylic oxidation sites excluding steroid dienone is 1. The number of rotatable bonds is 5. The van der Waals surface area contributed by atoms with Crippen LogP contribution in [0.3, 0.4) is 0 Å². The Morgan fingerprint density at radius 1 is 0.661 bits per heavy atom. The molecule has 4 aliphatic rings. The monoisotopic (exact) mass is 808 g/mol. The van der Waals surface area contributed by atoms with Gasteiger partial charge in [-0.3, -0.25) is 4.57 Å². The van der Waals surface area contributed by atoms with Gasteiger partial charge in [0.1, 0.15) is 5.82 Å². The number of imidazole rings is 1. The largest absolute Gasteiger partial charge is 0.335 e. The van der Waals surface area contributed by atoms with Crippen LogP contribution < -0.4 is 20.7 Å². The summed E-state index contributed by atoms with van der Waals surface area (Å²) in [6.45, 7) is 18.7. The predicted octanol–water partition coefficient (Wildman–Crippen LogP) is 12.9. The van der Waals surface area contributed by atoms with Crippen LogP contribution in [-0.4, -0.2) is 22.3 Å². The van der Waals surface area contributed by atoms with E-state index in [4.69, 9.17) is 4.98 Å². The first kappa shape index (κ1) is 38.8. The minimum Gasteiger partial charge on any atom is -0.335 e. The van der Waals surface area contributed by atoms with E-state index in [0.717, 1.165) is 30.0 Å². The topological polar surface area (TPSA) is 24.3 Å². The van der Waals surface area contributed by atoms with Crippen molar-refractivity contribution in [1.82, 2.24) is 9.55 Å². The zero-order valence-electron chi connectivity index (χ0n) is 37.6. The molecule has 7 aromatic rings. The second kappa shape index (κ2) is 14.2. The van der Waals surface area contributed by atoms with Gasteiger partial charge in [-0.25, -0.2) is 4.98 Å². The summed E-state index contributed by atoms with van der Waals surface area (Å²) in [5, 5.41) is 0. The maximum Gasteiger partial charge on any atom is 0.226 e. The summed E-state index contributed by atoms with van der Waals surface area (Å²) < 4.78 is 2.64. The molecule has 2 aliphatic carbocycles. The van der Waals surface area contributed by atoms with E-state index in [1.54, 1.807) is 0 Å². The van der Waals surface area contributed by atoms with E-state index in [2.05, 4.69) is 209 Å². The number of aromatic nitrogens is 2. The van der Waals surface area contributed by atoms with Gasteiger partial charge in [0.25, 0.3) is 0 Å². The minimum absolute atomic E-state index is 0.00755. The molecule has 11 rings (SSSR count). The van der Waals surface area contributed by atoms with Crippen LogP contribution in [0.2, 0.25) is 5.82 Å². The Morgan fingerprint density at radius 2 is 1.29 bits per heavy atom. The molecular formula is C57H57BN4. The smallest absolute Gasteiger partial charge is 0.226 e. The Labute approximate surface area is 368 Å². The number of nitrogens with zero attached hydrogens (tertiary/aromatic N) is 4. The number of para-hydroxylation sites is 2. The highest BCUT2D eigenvalue weighted by molar-refractivity contribution is 6.91. The van der Waals surface area contributed by atoms with E-state index in [9.17, 15) is 0 Å². The van der Waals surface area contributed by atoms with E-state index < -0.39 is 0 Å². The molecule has 2 unspecified atom stereocenters. The van der Waals surface area contributed by atoms with Crippen molar-refractivity contribution in [2.45, 2.75) is 104 Å². The van der Waals surface area contributed by atoms with E-state index >= 15 is 0 Å². The fourth-order valence-electron chi connectivity index (χ4n) is 11.3. The molecule has 62 heavy (non-hydrogen) atoms. The van der Waals surface area contributed by atoms with Gasteiger partial charge >= 0.3 is 0 Å². The molecule has 0 saturated carbocycles. The molecule has 308 valence electrons. The molecule has 5 heteroatoms. The normalized spacial score (nSPS) is 17.9. The Morgan fingerprint density at radius 3 is 1.94 bits per heavy atom. The first-order chi connectivity index (χ1) is 29.9. The highest BCUT2D eigenvalue weighted by atomic mass is 15.2. The minimum atomic E-state index is -0.00847. The van der Waals surface area contributed by atoms with Crippen LogP contribution in [0.25, 0.3) is 28.1 Å². The van der Waals surface area contributed by atoms with Crippen molar-refractivity contribution < 1.29 is 0 Å². The van der Waals surface area contributed by atoms with Gasteiger partial charge in [0.2, 0.25) is 6.71 Å². The van der Waals surface area contributed by atoms with Gasteiger partial charge in [-0.2, -0.15) is 0 Å². The molecule has 0 N–H and O–H groups in total. The summed E-state index contributed by atoms with van der Waals surface area (Å²) in [6, 6.07) is 48.1. The quantitative estimate of drug-likeness (QED) is 0.162. The van der Waals surface area contributed by atoms with E-state index in [-0.39, 0.29) is 29.4 Å². The van der Waals surface area contributed by atoms with Crippen molar-refractivity contribution >= 4 is 57.1 Å². The fourth-order valence-corrected chi connectivity index (χ4v) is 11.3. The van der Waals surface area contributed by atoms with Gasteiger partial charge in [0.15, 0.2) is 0 Å². The summed E-state index contributed by atoms with van der Waals surface area (Å²) in [6.07, 6.45) is 9.76. The molecule has 0 bridgehead atoms. The molecule has 2 atom stereocenters. The highest BCUT2D eigenvalue weighted by Crippen LogP contribution is 2.53. The van der Waals surface area contributed by atoms with Crippen LogP contribution in [0.5, 0.6) is 0 Å². The first-order valence-electron chi connectivity index (χ1n) is 22.9. The highest BCUT2D eigenvalue weighted by Gasteiger charge is 2.52. The molecule has 3 heterocycles. The number of hydrogen-bond donors (Lipinski definition) is 0. The summed E-state index contributed by atoms with van der Waals surface area (Å²) in [5.74, 6) is 1.17. The molecule has 6 aromatic carbocycles. The standard InChI is InChI=1S/C57H57BN4/c1-36-18-17-19-37(2)51(36)55-59-53-45-25-16-15-20-38(45)32-47-54(53)62(55)50-35-44(60(41-21-11-9-12-22-41)42-23-13-10-14-24-42)34-49-52(50)58(47)46-33-40(57(6,7)8)28-31-48(46)61(49)43-29-26-39(27-30-43)56(3,4)5/h9-14,17-19,21-24,26-35,49,52H,15-16,20,25H2,1-8H3. The lowest BCUT2D eigenvalue weighted by Gasteiger charge is -2.51. The van der Waals surface area contributed by atoms with E-state index in [0.29, 0.717) is 0 Å². The van der Waals surface area contributed by atoms with E-state index in [1.165, 1.54) is 96.5 Å². The second-order valence-corrected chi connectivity index (χ2v) is 20.4. The molecule has 4 nitrogen and oxygen atoms in total. The van der Waals surface area contributed by atoms with Crippen molar-refractivity contribution in [3.05, 3.63) is 179 Å². The molecule has 1 aromatic heterocycles. The lowest BCUT2D eigenvalue weighted by atomic mass is 9.28. The van der Waals surface area contributed by atoms with Gasteiger partial charge in [-0.05, 0) is 149 Å². The maximum absolute atomic E-state index is 5.88. The number of aryl methyl sites for hydroxylation is 4. The van der Waals surface area contributed by atoms with Crippen molar-refractivity contribution in [2.24, 2.45) is 0 Å². The molecule has 2 aliphatic heterocycles. The fraction of sp³-hybridized carbons (Fsp3) is 0.281. The number of hydrogen-bond acceptors (Lipinski definition) is 3. The predicted molar refractivity (Wildman–Crippen MR) is 264 cm³/mol. The van der Waals surface area contributed by atoms with E-state index in [1.807, 2.05) is 0 Å². The van der Waals surface area contributed by atoms with Crippen LogP contribution in [0, 0.1) is 13.8 Å². The first-order valence-corrected chi connectivity index (χ1v) is 22.9. The zero-order chi connectivity index (χ0) is 42.7. The van der Waals surface area contributed by atoms with Crippen LogP contribution in [0.15, 0.2) is 145 Å². The molecule has 0 spiro atoms. The Hall–Kier alpha value is -6.07. The van der Waals surface area contributed by atoms with Gasteiger partial charge in [0.05, 0.1) is 17.1 Å². The second-order valence-electron chi connectivity index (χ2n) is 20.4. The third kappa shape index (κ3) is 6.06. The average Bonchev–Trinajstić information content (AvgIpc) is 3.66. The number of fused-ring (bicyclic) bond motifs is 6. The SMILES string of the molecule is Cc1cccc(C)c1-c1nc2c3c(cc4c2n1C1=CC(N(c2ccccc2)c2ccccc2)=CC2C1B4c1cc(C(C)(C)C)ccc1N2c1ccc(C(C)(C)C)cc1)CCCC3. The molecule has 0 amide bonds. The van der Waals surface area contributed by atoms with Crippen molar-refractivity contribution in [2.75, 3.05) is 9.80 Å². The van der Waals surface area contributed by atoms with Gasteiger partial charge < -0.3 is 9.80 Å². The average molecular weight is 809 g/mol. The third-order valence-electron chi connectivity index (χ3n) is 14.4. The number of benzene rings is 6. The Bertz CT molecular complexity index is 2900. The van der Waals surface area contributed by atoms with Gasteiger partial charge in [0, 0.05) is 45.5 Å². The third-order valence-corrected chi connectivity index (χ3v) is 14.4. The van der Waals surface area contributed by atoms with Crippen LogP contribution in [0.4, 0.5) is 22.7 Å². The summed E-state index contributed by atoms with van der Waals surface area (Å²) in [5.41, 5.74) is 22.1. The summed E-state index contributed by atoms with van der Waals surface area (Å²) in [4.78, 5) is 11.0. The lowest BCUT2D eigenvalue weighted by molar-refractivity contribution is 0.590. The molecule has 0 saturated heterocycles. The zero-order valence-corrected chi connectivity index (χ0v) is 37.6. The van der Waals surface area contributed by atoms with Crippen molar-refractivity contribution in [1.29, 1.82) is 0 Å². The van der Waals surface area contributed by atoms with Crippen molar-refractivity contribution in [3.8, 4) is 11.4 Å². The van der Waals surface area contributed by atoms with Crippen molar-refractivity contribution in [3.63, 3.8) is 0 Å². The van der Waals surface area contributed by atoms with Crippen LogP contribution in [0.1, 0.15) is 87.8 Å². The molecular weight excluding hydrogens is 751 g/mol. The number of anilines is 4. The lowest BCUT2D eigenvalue weighted by Crippen LogP contribution is -2.61. The van der Waals surface area contributed by atoms with Gasteiger partial charge in [-0.15, -0.1) is 0 Å².